The topological polar surface area (TPSA) is 36.0 Å². The molecule has 0 unspecified atom stereocenters. The van der Waals surface area contributed by atoms with E-state index in [-0.39, 0.29) is 6.09 Å². The molecule has 2 heterocycles. The molecule has 0 saturated carbocycles. The molecule has 30 heavy (non-hydrogen) atoms. The van der Waals surface area contributed by atoms with Gasteiger partial charge >= 0.3 is 6.09 Å². The molecule has 5 heteroatoms. The monoisotopic (exact) mass is 407 g/mol. The van der Waals surface area contributed by atoms with Gasteiger partial charge in [-0.15, -0.1) is 0 Å². The van der Waals surface area contributed by atoms with Crippen molar-refractivity contribution in [2.24, 2.45) is 5.92 Å². The summed E-state index contributed by atoms with van der Waals surface area (Å²) in [6.07, 6.45) is 4.22. The van der Waals surface area contributed by atoms with Gasteiger partial charge in [0.05, 0.1) is 0 Å². The van der Waals surface area contributed by atoms with Gasteiger partial charge in [-0.25, -0.2) is 4.79 Å². The molecule has 2 aromatic rings. The van der Waals surface area contributed by atoms with Gasteiger partial charge in [-0.05, 0) is 56.3 Å². The van der Waals surface area contributed by atoms with Gasteiger partial charge in [0.15, 0.2) is 0 Å². The van der Waals surface area contributed by atoms with Crippen LogP contribution in [0.15, 0.2) is 54.6 Å². The number of aryl methyl sites for hydroxylation is 1. The number of anilines is 1. The van der Waals surface area contributed by atoms with E-state index in [1.54, 1.807) is 0 Å². The lowest BCUT2D eigenvalue weighted by Gasteiger charge is -2.34. The van der Waals surface area contributed by atoms with E-state index in [1.807, 2.05) is 23.1 Å². The van der Waals surface area contributed by atoms with Crippen molar-refractivity contribution in [3.63, 3.8) is 0 Å². The molecule has 2 aliphatic rings. The second-order valence-electron chi connectivity index (χ2n) is 8.61. The van der Waals surface area contributed by atoms with Crippen molar-refractivity contribution >= 4 is 11.8 Å². The van der Waals surface area contributed by atoms with E-state index in [1.165, 1.54) is 12.0 Å². The lowest BCUT2D eigenvalue weighted by atomic mass is 9.91. The van der Waals surface area contributed by atoms with Gasteiger partial charge in [-0.2, -0.15) is 0 Å². The zero-order chi connectivity index (χ0) is 20.8. The van der Waals surface area contributed by atoms with Crippen LogP contribution in [0.3, 0.4) is 0 Å². The van der Waals surface area contributed by atoms with E-state index in [2.05, 4.69) is 53.2 Å². The first-order valence-electron chi connectivity index (χ1n) is 11.2. The van der Waals surface area contributed by atoms with Crippen molar-refractivity contribution in [2.75, 3.05) is 51.2 Å². The molecule has 0 spiro atoms. The highest BCUT2D eigenvalue weighted by molar-refractivity contribution is 5.71. The molecule has 1 amide bonds. The summed E-state index contributed by atoms with van der Waals surface area (Å²) in [6, 6.07) is 18.6. The van der Waals surface area contributed by atoms with Crippen LogP contribution in [0.2, 0.25) is 0 Å². The van der Waals surface area contributed by atoms with E-state index >= 15 is 0 Å². The Labute approximate surface area is 180 Å². The Bertz CT molecular complexity index is 810. The largest absolute Gasteiger partial charge is 0.415 e. The molecule has 0 atom stereocenters. The van der Waals surface area contributed by atoms with Crippen LogP contribution in [0.1, 0.15) is 24.8 Å². The SMILES string of the molecule is CN1CCN(c2cccc(OC(=O)N3CCC(CCc4ccccc4)CC3)c2)CC1. The number of piperazine rings is 1. The molecule has 160 valence electrons. The van der Waals surface area contributed by atoms with Crippen molar-refractivity contribution in [1.29, 1.82) is 0 Å². The van der Waals surface area contributed by atoms with Crippen molar-refractivity contribution in [3.05, 3.63) is 60.2 Å². The normalized spacial score (nSPS) is 18.4. The van der Waals surface area contributed by atoms with Crippen LogP contribution in [-0.4, -0.2) is 62.2 Å². The Morgan fingerprint density at radius 1 is 0.933 bits per heavy atom. The maximum absolute atomic E-state index is 12.7. The Hall–Kier alpha value is -2.53. The predicted octanol–water partition coefficient (Wildman–Crippen LogP) is 4.28. The first kappa shape index (κ1) is 20.7. The molecule has 2 fully saturated rings. The molecular weight excluding hydrogens is 374 g/mol. The number of likely N-dealkylation sites (N-methyl/N-ethyl adjacent to an activating group) is 1. The first-order valence-corrected chi connectivity index (χ1v) is 11.2. The van der Waals surface area contributed by atoms with Gasteiger partial charge in [-0.1, -0.05) is 36.4 Å². The quantitative estimate of drug-likeness (QED) is 0.741. The van der Waals surface area contributed by atoms with E-state index in [4.69, 9.17) is 4.74 Å². The highest BCUT2D eigenvalue weighted by Crippen LogP contribution is 2.25. The number of hydrogen-bond donors (Lipinski definition) is 0. The van der Waals surface area contributed by atoms with Crippen LogP contribution >= 0.6 is 0 Å². The zero-order valence-electron chi connectivity index (χ0n) is 18.0. The minimum Gasteiger partial charge on any atom is -0.410 e. The highest BCUT2D eigenvalue weighted by atomic mass is 16.6. The number of carbonyl (C=O) groups is 1. The number of carbonyl (C=O) groups excluding carboxylic acids is 1. The average molecular weight is 408 g/mol. The summed E-state index contributed by atoms with van der Waals surface area (Å²) in [5.74, 6) is 1.33. The lowest BCUT2D eigenvalue weighted by Crippen LogP contribution is -2.44. The smallest absolute Gasteiger partial charge is 0.410 e. The molecule has 5 nitrogen and oxygen atoms in total. The third kappa shape index (κ3) is 5.54. The second-order valence-corrected chi connectivity index (χ2v) is 8.61. The summed E-state index contributed by atoms with van der Waals surface area (Å²) in [5.41, 5.74) is 2.53. The Morgan fingerprint density at radius 2 is 1.67 bits per heavy atom. The number of benzene rings is 2. The van der Waals surface area contributed by atoms with E-state index in [0.717, 1.165) is 64.2 Å². The van der Waals surface area contributed by atoms with Gasteiger partial charge in [-0.3, -0.25) is 0 Å². The number of piperidine rings is 1. The van der Waals surface area contributed by atoms with Crippen LogP contribution in [0.5, 0.6) is 5.75 Å². The van der Waals surface area contributed by atoms with Crippen LogP contribution in [-0.2, 0) is 6.42 Å². The summed E-state index contributed by atoms with van der Waals surface area (Å²) < 4.78 is 5.72. The minimum atomic E-state index is -0.216. The molecule has 0 aliphatic carbocycles. The van der Waals surface area contributed by atoms with Gasteiger partial charge < -0.3 is 19.4 Å². The summed E-state index contributed by atoms with van der Waals surface area (Å²) >= 11 is 0. The molecule has 2 aliphatic heterocycles. The molecular formula is C25H33N3O2. The number of amides is 1. The van der Waals surface area contributed by atoms with Gasteiger partial charge in [0.1, 0.15) is 5.75 Å². The third-order valence-electron chi connectivity index (χ3n) is 6.45. The van der Waals surface area contributed by atoms with Gasteiger partial charge in [0.25, 0.3) is 0 Å². The molecule has 4 rings (SSSR count). The minimum absolute atomic E-state index is 0.216. The molecule has 0 N–H and O–H groups in total. The predicted molar refractivity (Wildman–Crippen MR) is 121 cm³/mol. The molecule has 0 bridgehead atoms. The van der Waals surface area contributed by atoms with Crippen molar-refractivity contribution in [1.82, 2.24) is 9.80 Å². The maximum Gasteiger partial charge on any atom is 0.415 e. The van der Waals surface area contributed by atoms with Crippen molar-refractivity contribution < 1.29 is 9.53 Å². The molecule has 2 saturated heterocycles. The maximum atomic E-state index is 12.7. The summed E-state index contributed by atoms with van der Waals surface area (Å²) in [5, 5.41) is 0. The molecule has 0 aromatic heterocycles. The van der Waals surface area contributed by atoms with Crippen LogP contribution in [0.4, 0.5) is 10.5 Å². The van der Waals surface area contributed by atoms with Gasteiger partial charge in [0.2, 0.25) is 0 Å². The number of likely N-dealkylation sites (tertiary alicyclic amines) is 1. The average Bonchev–Trinajstić information content (AvgIpc) is 2.79. The number of ether oxygens (including phenoxy) is 1. The zero-order valence-corrected chi connectivity index (χ0v) is 18.0. The summed E-state index contributed by atoms with van der Waals surface area (Å²) in [6.45, 7) is 5.70. The first-order chi connectivity index (χ1) is 14.7. The fraction of sp³-hybridized carbons (Fsp3) is 0.480. The molecule has 2 aromatic carbocycles. The van der Waals surface area contributed by atoms with E-state index in [0.29, 0.717) is 11.7 Å². The number of hydrogen-bond acceptors (Lipinski definition) is 4. The second kappa shape index (κ2) is 9.98. The fourth-order valence-electron chi connectivity index (χ4n) is 4.39. The van der Waals surface area contributed by atoms with Crippen LogP contribution < -0.4 is 9.64 Å². The molecule has 0 radical (unpaired) electrons. The fourth-order valence-corrected chi connectivity index (χ4v) is 4.39. The third-order valence-corrected chi connectivity index (χ3v) is 6.45. The summed E-state index contributed by atoms with van der Waals surface area (Å²) in [4.78, 5) is 19.2. The highest BCUT2D eigenvalue weighted by Gasteiger charge is 2.24. The van der Waals surface area contributed by atoms with Crippen LogP contribution in [0, 0.1) is 5.92 Å². The number of nitrogens with zero attached hydrogens (tertiary/aromatic N) is 3. The van der Waals surface area contributed by atoms with Crippen molar-refractivity contribution in [3.8, 4) is 5.75 Å². The Morgan fingerprint density at radius 3 is 2.40 bits per heavy atom. The number of rotatable bonds is 5. The standard InChI is InChI=1S/C25H33N3O2/c1-26-16-18-27(19-17-26)23-8-5-9-24(20-23)30-25(29)28-14-12-22(13-15-28)11-10-21-6-3-2-4-7-21/h2-9,20,22H,10-19H2,1H3. The Balaban J connectivity index is 1.24. The van der Waals surface area contributed by atoms with E-state index in [9.17, 15) is 4.79 Å². The summed E-state index contributed by atoms with van der Waals surface area (Å²) in [7, 11) is 2.15. The lowest BCUT2D eigenvalue weighted by molar-refractivity contribution is 0.129. The van der Waals surface area contributed by atoms with Gasteiger partial charge in [0, 0.05) is 51.0 Å². The Kier molecular flexibility index (Phi) is 6.90. The van der Waals surface area contributed by atoms with Crippen LogP contribution in [0.25, 0.3) is 0 Å². The van der Waals surface area contributed by atoms with E-state index < -0.39 is 0 Å². The van der Waals surface area contributed by atoms with Crippen molar-refractivity contribution in [2.45, 2.75) is 25.7 Å².